The summed E-state index contributed by atoms with van der Waals surface area (Å²) in [7, 11) is 1.93. The van der Waals surface area contributed by atoms with E-state index in [2.05, 4.69) is 17.4 Å². The molecule has 1 heterocycles. The van der Waals surface area contributed by atoms with Gasteiger partial charge in [0.25, 0.3) is 0 Å². The molecule has 4 heteroatoms. The van der Waals surface area contributed by atoms with Crippen LogP contribution in [0.4, 0.5) is 0 Å². The average Bonchev–Trinajstić information content (AvgIpc) is 2.27. The van der Waals surface area contributed by atoms with Gasteiger partial charge in [-0.3, -0.25) is 9.69 Å². The van der Waals surface area contributed by atoms with E-state index in [1.807, 2.05) is 24.1 Å². The minimum Gasteiger partial charge on any atom is -0.369 e. The van der Waals surface area contributed by atoms with Crippen molar-refractivity contribution in [3.8, 4) is 0 Å². The zero-order chi connectivity index (χ0) is 11.5. The molecule has 1 unspecified atom stereocenters. The molecule has 1 aliphatic heterocycles. The van der Waals surface area contributed by atoms with Gasteiger partial charge in [0, 0.05) is 19.1 Å². The Balaban J connectivity index is 2.21. The SMILES string of the molecule is CN(CC(N)=O)C1CNCc2ccccc21. The number of nitrogens with two attached hydrogens (primary N) is 1. The van der Waals surface area contributed by atoms with Crippen LogP contribution in [0.25, 0.3) is 0 Å². The molecule has 0 bridgehead atoms. The number of nitrogens with one attached hydrogen (secondary N) is 1. The van der Waals surface area contributed by atoms with Crippen LogP contribution in [0, 0.1) is 0 Å². The predicted octanol–water partition coefficient (Wildman–Crippen LogP) is 0.248. The van der Waals surface area contributed by atoms with E-state index in [1.54, 1.807) is 0 Å². The summed E-state index contributed by atoms with van der Waals surface area (Å²) in [6, 6.07) is 8.55. The Bertz CT molecular complexity index is 392. The van der Waals surface area contributed by atoms with Gasteiger partial charge >= 0.3 is 0 Å². The van der Waals surface area contributed by atoms with E-state index in [0.29, 0.717) is 6.54 Å². The molecular formula is C12H17N3O. The van der Waals surface area contributed by atoms with Crippen molar-refractivity contribution in [2.45, 2.75) is 12.6 Å². The highest BCUT2D eigenvalue weighted by Crippen LogP contribution is 2.25. The second-order valence-corrected chi connectivity index (χ2v) is 4.23. The van der Waals surface area contributed by atoms with Crippen LogP contribution in [0.3, 0.4) is 0 Å². The van der Waals surface area contributed by atoms with Gasteiger partial charge in [-0.1, -0.05) is 24.3 Å². The number of benzene rings is 1. The van der Waals surface area contributed by atoms with Gasteiger partial charge in [0.05, 0.1) is 6.54 Å². The Hall–Kier alpha value is -1.39. The average molecular weight is 219 g/mol. The van der Waals surface area contributed by atoms with Crippen molar-refractivity contribution in [2.75, 3.05) is 20.1 Å². The lowest BCUT2D eigenvalue weighted by atomic mass is 9.96. The van der Waals surface area contributed by atoms with Gasteiger partial charge in [-0.2, -0.15) is 0 Å². The normalized spacial score (nSPS) is 19.5. The molecule has 1 amide bonds. The molecule has 16 heavy (non-hydrogen) atoms. The van der Waals surface area contributed by atoms with Crippen molar-refractivity contribution in [3.63, 3.8) is 0 Å². The Morgan fingerprint density at radius 3 is 3.06 bits per heavy atom. The number of primary amides is 1. The van der Waals surface area contributed by atoms with Crippen LogP contribution in [-0.4, -0.2) is 30.9 Å². The molecule has 0 saturated carbocycles. The lowest BCUT2D eigenvalue weighted by molar-refractivity contribution is -0.119. The Morgan fingerprint density at radius 1 is 1.56 bits per heavy atom. The maximum atomic E-state index is 10.9. The summed E-state index contributed by atoms with van der Waals surface area (Å²) in [4.78, 5) is 12.9. The van der Waals surface area contributed by atoms with Gasteiger partial charge in [-0.25, -0.2) is 0 Å². The summed E-state index contributed by atoms with van der Waals surface area (Å²) < 4.78 is 0. The van der Waals surface area contributed by atoms with Crippen molar-refractivity contribution < 1.29 is 4.79 Å². The maximum Gasteiger partial charge on any atom is 0.231 e. The number of carbonyl (C=O) groups is 1. The molecule has 0 saturated heterocycles. The monoisotopic (exact) mass is 219 g/mol. The number of likely N-dealkylation sites (N-methyl/N-ethyl adjacent to an activating group) is 1. The molecular weight excluding hydrogens is 202 g/mol. The molecule has 1 atom stereocenters. The van der Waals surface area contributed by atoms with E-state index in [4.69, 9.17) is 5.73 Å². The third kappa shape index (κ3) is 2.23. The van der Waals surface area contributed by atoms with Crippen LogP contribution >= 0.6 is 0 Å². The number of hydrogen-bond acceptors (Lipinski definition) is 3. The van der Waals surface area contributed by atoms with Crippen LogP contribution in [-0.2, 0) is 11.3 Å². The summed E-state index contributed by atoms with van der Waals surface area (Å²) >= 11 is 0. The topological polar surface area (TPSA) is 58.4 Å². The van der Waals surface area contributed by atoms with E-state index in [9.17, 15) is 4.79 Å². The second kappa shape index (κ2) is 4.63. The van der Waals surface area contributed by atoms with E-state index >= 15 is 0 Å². The number of rotatable bonds is 3. The van der Waals surface area contributed by atoms with E-state index in [1.165, 1.54) is 11.1 Å². The summed E-state index contributed by atoms with van der Waals surface area (Å²) in [5, 5.41) is 3.35. The quantitative estimate of drug-likeness (QED) is 0.766. The van der Waals surface area contributed by atoms with Crippen LogP contribution in [0.1, 0.15) is 17.2 Å². The van der Waals surface area contributed by atoms with Gasteiger partial charge in [-0.05, 0) is 18.2 Å². The summed E-state index contributed by atoms with van der Waals surface area (Å²) in [5.41, 5.74) is 7.82. The third-order valence-corrected chi connectivity index (χ3v) is 3.00. The van der Waals surface area contributed by atoms with Gasteiger partial charge < -0.3 is 11.1 Å². The van der Waals surface area contributed by atoms with Crippen LogP contribution in [0.15, 0.2) is 24.3 Å². The molecule has 0 aromatic heterocycles. The molecule has 1 aromatic carbocycles. The lowest BCUT2D eigenvalue weighted by Gasteiger charge is -2.33. The molecule has 4 nitrogen and oxygen atoms in total. The Kier molecular flexibility index (Phi) is 3.22. The van der Waals surface area contributed by atoms with Crippen molar-refractivity contribution in [2.24, 2.45) is 5.73 Å². The van der Waals surface area contributed by atoms with Crippen molar-refractivity contribution in [3.05, 3.63) is 35.4 Å². The number of amides is 1. The highest BCUT2D eigenvalue weighted by Gasteiger charge is 2.23. The van der Waals surface area contributed by atoms with Gasteiger partial charge in [0.2, 0.25) is 5.91 Å². The zero-order valence-corrected chi connectivity index (χ0v) is 9.44. The summed E-state index contributed by atoms with van der Waals surface area (Å²) in [5.74, 6) is -0.287. The van der Waals surface area contributed by atoms with Crippen molar-refractivity contribution in [1.82, 2.24) is 10.2 Å². The first-order valence-electron chi connectivity index (χ1n) is 5.45. The molecule has 1 aliphatic rings. The second-order valence-electron chi connectivity index (χ2n) is 4.23. The molecule has 0 fully saturated rings. The number of nitrogens with zero attached hydrogens (tertiary/aromatic N) is 1. The summed E-state index contributed by atoms with van der Waals surface area (Å²) in [6.07, 6.45) is 0. The predicted molar refractivity (Wildman–Crippen MR) is 62.7 cm³/mol. The maximum absolute atomic E-state index is 10.9. The van der Waals surface area contributed by atoms with Gasteiger partial charge in [0.15, 0.2) is 0 Å². The van der Waals surface area contributed by atoms with E-state index in [0.717, 1.165) is 13.1 Å². The standard InChI is InChI=1S/C12H17N3O/c1-15(8-12(13)16)11-7-14-6-9-4-2-3-5-10(9)11/h2-5,11,14H,6-8H2,1H3,(H2,13,16). The first kappa shape index (κ1) is 11.1. The van der Waals surface area contributed by atoms with E-state index < -0.39 is 0 Å². The van der Waals surface area contributed by atoms with Gasteiger partial charge in [0.1, 0.15) is 0 Å². The molecule has 0 spiro atoms. The highest BCUT2D eigenvalue weighted by molar-refractivity contribution is 5.75. The van der Waals surface area contributed by atoms with Crippen molar-refractivity contribution in [1.29, 1.82) is 0 Å². The Labute approximate surface area is 95.4 Å². The molecule has 0 radical (unpaired) electrons. The molecule has 2 rings (SSSR count). The van der Waals surface area contributed by atoms with Crippen LogP contribution in [0.2, 0.25) is 0 Å². The minimum atomic E-state index is -0.287. The minimum absolute atomic E-state index is 0.234. The lowest BCUT2D eigenvalue weighted by Crippen LogP contribution is -2.41. The van der Waals surface area contributed by atoms with Gasteiger partial charge in [-0.15, -0.1) is 0 Å². The summed E-state index contributed by atoms with van der Waals surface area (Å²) in [6.45, 7) is 2.05. The fourth-order valence-corrected chi connectivity index (χ4v) is 2.22. The number of fused-ring (bicyclic) bond motifs is 1. The molecule has 0 aliphatic carbocycles. The number of hydrogen-bond donors (Lipinski definition) is 2. The van der Waals surface area contributed by atoms with Crippen LogP contribution < -0.4 is 11.1 Å². The Morgan fingerprint density at radius 2 is 2.31 bits per heavy atom. The first-order valence-corrected chi connectivity index (χ1v) is 5.45. The smallest absolute Gasteiger partial charge is 0.231 e. The fourth-order valence-electron chi connectivity index (χ4n) is 2.22. The van der Waals surface area contributed by atoms with Crippen molar-refractivity contribution >= 4 is 5.91 Å². The third-order valence-electron chi connectivity index (χ3n) is 3.00. The fraction of sp³-hybridized carbons (Fsp3) is 0.417. The van der Waals surface area contributed by atoms with E-state index in [-0.39, 0.29) is 11.9 Å². The molecule has 1 aromatic rings. The zero-order valence-electron chi connectivity index (χ0n) is 9.44. The highest BCUT2D eigenvalue weighted by atomic mass is 16.1. The molecule has 86 valence electrons. The van der Waals surface area contributed by atoms with Crippen LogP contribution in [0.5, 0.6) is 0 Å². The molecule has 3 N–H and O–H groups in total. The first-order chi connectivity index (χ1) is 7.68. The number of carbonyl (C=O) groups excluding carboxylic acids is 1. The largest absolute Gasteiger partial charge is 0.369 e.